The zero-order valence-corrected chi connectivity index (χ0v) is 17.2. The minimum absolute atomic E-state index is 0.0108. The first-order valence-electron chi connectivity index (χ1n) is 8.85. The summed E-state index contributed by atoms with van der Waals surface area (Å²) < 4.78 is 59.4. The highest BCUT2D eigenvalue weighted by molar-refractivity contribution is 7.90. The number of amides is 2. The lowest BCUT2D eigenvalue weighted by Crippen LogP contribution is -2.50. The highest BCUT2D eigenvalue weighted by atomic mass is 32.2. The number of nitriles is 1. The zero-order valence-electron chi connectivity index (χ0n) is 16.4. The Hall–Kier alpha value is -2.94. The van der Waals surface area contributed by atoms with Crippen LogP contribution in [0.4, 0.5) is 13.6 Å². The molecule has 0 saturated carbocycles. The zero-order chi connectivity index (χ0) is 22.7. The van der Waals surface area contributed by atoms with Crippen LogP contribution < -0.4 is 15.4 Å². The van der Waals surface area contributed by atoms with Crippen molar-refractivity contribution >= 4 is 21.8 Å². The molecule has 0 bridgehead atoms. The van der Waals surface area contributed by atoms with Crippen molar-refractivity contribution in [1.29, 1.82) is 5.26 Å². The first-order valence-corrected chi connectivity index (χ1v) is 10.7. The summed E-state index contributed by atoms with van der Waals surface area (Å²) in [6.45, 7) is 0.0736. The summed E-state index contributed by atoms with van der Waals surface area (Å²) in [6.07, 6.45) is -1.00. The first kappa shape index (κ1) is 25.1. The molecular formula is C18H23F2N3O6S. The topological polar surface area (TPSA) is 135 Å². The van der Waals surface area contributed by atoms with E-state index in [1.165, 1.54) is 24.3 Å². The van der Waals surface area contributed by atoms with E-state index >= 15 is 0 Å². The largest absolute Gasteiger partial charge is 0.449 e. The molecule has 0 aliphatic rings. The lowest BCUT2D eigenvalue weighted by atomic mass is 10.2. The van der Waals surface area contributed by atoms with E-state index in [1.807, 2.05) is 0 Å². The smallest absolute Gasteiger partial charge is 0.407 e. The van der Waals surface area contributed by atoms with Gasteiger partial charge in [0.1, 0.15) is 18.3 Å². The van der Waals surface area contributed by atoms with E-state index in [0.717, 1.165) is 0 Å². The Morgan fingerprint density at radius 3 is 2.50 bits per heavy atom. The molecule has 2 N–H and O–H groups in total. The van der Waals surface area contributed by atoms with E-state index in [-0.39, 0.29) is 23.8 Å². The maximum atomic E-state index is 12.6. The van der Waals surface area contributed by atoms with Crippen molar-refractivity contribution < 1.29 is 36.3 Å². The van der Waals surface area contributed by atoms with Crippen molar-refractivity contribution in [2.75, 3.05) is 18.9 Å². The summed E-state index contributed by atoms with van der Waals surface area (Å²) in [5.41, 5.74) is -0.0311. The first-order chi connectivity index (χ1) is 14.0. The van der Waals surface area contributed by atoms with E-state index in [9.17, 15) is 26.8 Å². The standard InChI is InChI=1S/C18H23F2N3O6S/c1-12(2)9-28-18(25)23-14(16(24)22-8-7-21)11-30(26,27)10-13-5-3-4-6-15(13)29-17(19)20/h3-6,12,14,17H,8-11H2,1-2H3,(H,22,24)(H,23,25)/t14-/m0/s1. The highest BCUT2D eigenvalue weighted by Gasteiger charge is 2.29. The lowest BCUT2D eigenvalue weighted by molar-refractivity contribution is -0.122. The van der Waals surface area contributed by atoms with Gasteiger partial charge in [-0.15, -0.1) is 0 Å². The third kappa shape index (κ3) is 9.51. The number of hydrogen-bond donors (Lipinski definition) is 2. The van der Waals surface area contributed by atoms with Gasteiger partial charge >= 0.3 is 12.7 Å². The van der Waals surface area contributed by atoms with Crippen LogP contribution in [0.3, 0.4) is 0 Å². The maximum Gasteiger partial charge on any atom is 0.407 e. The number of carbonyl (C=O) groups is 2. The molecule has 1 aromatic rings. The fraction of sp³-hybridized carbons (Fsp3) is 0.500. The lowest BCUT2D eigenvalue weighted by Gasteiger charge is -2.18. The van der Waals surface area contributed by atoms with Gasteiger partial charge in [-0.05, 0) is 12.0 Å². The number of carbonyl (C=O) groups excluding carboxylic acids is 2. The normalized spacial score (nSPS) is 12.2. The molecule has 12 heteroatoms. The number of halogens is 2. The molecule has 166 valence electrons. The van der Waals surface area contributed by atoms with Crippen molar-refractivity contribution in [3.8, 4) is 11.8 Å². The van der Waals surface area contributed by atoms with Gasteiger partial charge in [-0.3, -0.25) is 4.79 Å². The number of nitrogens with zero attached hydrogens (tertiary/aromatic N) is 1. The number of benzene rings is 1. The Morgan fingerprint density at radius 1 is 1.23 bits per heavy atom. The molecule has 30 heavy (non-hydrogen) atoms. The predicted molar refractivity (Wildman–Crippen MR) is 102 cm³/mol. The van der Waals surface area contributed by atoms with Gasteiger partial charge < -0.3 is 20.1 Å². The van der Waals surface area contributed by atoms with Crippen LogP contribution in [-0.4, -0.2) is 52.0 Å². The van der Waals surface area contributed by atoms with Crippen LogP contribution in [0.25, 0.3) is 0 Å². The molecule has 0 saturated heterocycles. The third-order valence-electron chi connectivity index (χ3n) is 3.48. The SMILES string of the molecule is CC(C)COC(=O)N[C@@H](CS(=O)(=O)Cc1ccccc1OC(F)F)C(=O)NCC#N. The van der Waals surface area contributed by atoms with Crippen molar-refractivity contribution in [2.24, 2.45) is 5.92 Å². The van der Waals surface area contributed by atoms with Crippen LogP contribution >= 0.6 is 0 Å². The molecule has 2 amide bonds. The van der Waals surface area contributed by atoms with E-state index in [4.69, 9.17) is 10.00 Å². The van der Waals surface area contributed by atoms with Crippen LogP contribution in [0.2, 0.25) is 0 Å². The molecule has 0 aliphatic heterocycles. The minimum atomic E-state index is -4.08. The van der Waals surface area contributed by atoms with Crippen molar-refractivity contribution in [3.63, 3.8) is 0 Å². The van der Waals surface area contributed by atoms with Gasteiger partial charge in [0.15, 0.2) is 9.84 Å². The van der Waals surface area contributed by atoms with Crippen LogP contribution in [0, 0.1) is 17.2 Å². The Kier molecular flexibility index (Phi) is 9.97. The number of alkyl carbamates (subject to hydrolysis) is 1. The number of rotatable bonds is 11. The van der Waals surface area contributed by atoms with Crippen molar-refractivity contribution in [2.45, 2.75) is 32.3 Å². The number of ether oxygens (including phenoxy) is 2. The molecule has 1 aromatic carbocycles. The van der Waals surface area contributed by atoms with Crippen molar-refractivity contribution in [1.82, 2.24) is 10.6 Å². The predicted octanol–water partition coefficient (Wildman–Crippen LogP) is 1.59. The van der Waals surface area contributed by atoms with Gasteiger partial charge in [-0.2, -0.15) is 14.0 Å². The summed E-state index contributed by atoms with van der Waals surface area (Å²) >= 11 is 0. The number of sulfone groups is 1. The average Bonchev–Trinajstić information content (AvgIpc) is 2.64. The Balaban J connectivity index is 2.96. The summed E-state index contributed by atoms with van der Waals surface area (Å²) in [6, 6.07) is 5.45. The van der Waals surface area contributed by atoms with E-state index < -0.39 is 52.5 Å². The molecule has 0 spiro atoms. The molecule has 0 radical (unpaired) electrons. The van der Waals surface area contributed by atoms with Crippen LogP contribution in [0.1, 0.15) is 19.4 Å². The van der Waals surface area contributed by atoms with Crippen LogP contribution in [-0.2, 0) is 25.1 Å². The molecule has 1 atom stereocenters. The summed E-state index contributed by atoms with van der Waals surface area (Å²) in [7, 11) is -4.08. The molecule has 0 unspecified atom stereocenters. The second kappa shape index (κ2) is 11.9. The fourth-order valence-corrected chi connectivity index (χ4v) is 3.82. The van der Waals surface area contributed by atoms with Gasteiger partial charge in [0.05, 0.1) is 24.2 Å². The van der Waals surface area contributed by atoms with Gasteiger partial charge in [0, 0.05) is 5.56 Å². The molecular weight excluding hydrogens is 424 g/mol. The monoisotopic (exact) mass is 447 g/mol. The Bertz CT molecular complexity index is 871. The van der Waals surface area contributed by atoms with Crippen LogP contribution in [0.5, 0.6) is 5.75 Å². The Morgan fingerprint density at radius 2 is 1.90 bits per heavy atom. The molecule has 0 aliphatic carbocycles. The molecule has 0 fully saturated rings. The summed E-state index contributed by atoms with van der Waals surface area (Å²) in [4.78, 5) is 24.1. The van der Waals surface area contributed by atoms with E-state index in [2.05, 4.69) is 15.4 Å². The number of alkyl halides is 2. The summed E-state index contributed by atoms with van der Waals surface area (Å²) in [5.74, 6) is -2.76. The second-order valence-corrected chi connectivity index (χ2v) is 8.72. The van der Waals surface area contributed by atoms with E-state index in [0.29, 0.717) is 0 Å². The quantitative estimate of drug-likeness (QED) is 0.492. The van der Waals surface area contributed by atoms with Gasteiger partial charge in [-0.25, -0.2) is 13.2 Å². The maximum absolute atomic E-state index is 12.6. The number of nitrogens with one attached hydrogen (secondary N) is 2. The van der Waals surface area contributed by atoms with E-state index in [1.54, 1.807) is 19.9 Å². The number of para-hydroxylation sites is 1. The van der Waals surface area contributed by atoms with Gasteiger partial charge in [0.2, 0.25) is 5.91 Å². The second-order valence-electron chi connectivity index (χ2n) is 6.61. The number of hydrogen-bond acceptors (Lipinski definition) is 7. The molecule has 0 heterocycles. The minimum Gasteiger partial charge on any atom is -0.449 e. The Labute approximate surface area is 173 Å². The molecule has 0 aromatic heterocycles. The van der Waals surface area contributed by atoms with Crippen LogP contribution in [0.15, 0.2) is 24.3 Å². The van der Waals surface area contributed by atoms with Crippen molar-refractivity contribution in [3.05, 3.63) is 29.8 Å². The molecule has 1 rings (SSSR count). The molecule has 9 nitrogen and oxygen atoms in total. The van der Waals surface area contributed by atoms with Gasteiger partial charge in [-0.1, -0.05) is 32.0 Å². The average molecular weight is 447 g/mol. The fourth-order valence-electron chi connectivity index (χ4n) is 2.24. The third-order valence-corrected chi connectivity index (χ3v) is 5.07. The van der Waals surface area contributed by atoms with Gasteiger partial charge in [0.25, 0.3) is 0 Å². The summed E-state index contributed by atoms with van der Waals surface area (Å²) in [5, 5.41) is 12.9. The highest BCUT2D eigenvalue weighted by Crippen LogP contribution is 2.23.